The summed E-state index contributed by atoms with van der Waals surface area (Å²) in [4.78, 5) is 25.9. The highest BCUT2D eigenvalue weighted by Gasteiger charge is 2.35. The van der Waals surface area contributed by atoms with Crippen molar-refractivity contribution in [2.75, 3.05) is 18.4 Å². The van der Waals surface area contributed by atoms with Crippen LogP contribution in [0.4, 0.5) is 5.00 Å². The van der Waals surface area contributed by atoms with Gasteiger partial charge in [-0.25, -0.2) is 8.42 Å². The van der Waals surface area contributed by atoms with Gasteiger partial charge in [0.15, 0.2) is 0 Å². The zero-order chi connectivity index (χ0) is 20.8. The number of hydrogen-bond acceptors (Lipinski definition) is 6. The minimum Gasteiger partial charge on any atom is -0.365 e. The first-order valence-corrected chi connectivity index (χ1v) is 12.7. The van der Waals surface area contributed by atoms with E-state index in [1.54, 1.807) is 6.07 Å². The molecule has 7 nitrogen and oxygen atoms in total. The Balaban J connectivity index is 1.51. The van der Waals surface area contributed by atoms with Gasteiger partial charge in [-0.2, -0.15) is 4.31 Å². The summed E-state index contributed by atoms with van der Waals surface area (Å²) >= 11 is 8.28. The average Bonchev–Trinajstić information content (AvgIpc) is 3.37. The molecule has 4 rings (SSSR count). The van der Waals surface area contributed by atoms with Gasteiger partial charge in [-0.05, 0) is 49.8 Å². The van der Waals surface area contributed by atoms with Gasteiger partial charge in [0.1, 0.15) is 9.21 Å². The maximum Gasteiger partial charge on any atom is 0.252 e. The van der Waals surface area contributed by atoms with E-state index < -0.39 is 21.8 Å². The lowest BCUT2D eigenvalue weighted by Gasteiger charge is -2.30. The Bertz CT molecular complexity index is 1080. The van der Waals surface area contributed by atoms with Crippen LogP contribution in [0.2, 0.25) is 4.34 Å². The molecule has 156 valence electrons. The Hall–Kier alpha value is -1.46. The number of thiophene rings is 2. The number of rotatable bonds is 5. The summed E-state index contributed by atoms with van der Waals surface area (Å²) in [6.07, 6.45) is 3.83. The third kappa shape index (κ3) is 3.96. The molecule has 0 spiro atoms. The number of nitrogens with zero attached hydrogens (tertiary/aromatic N) is 1. The van der Waals surface area contributed by atoms with Gasteiger partial charge in [0.25, 0.3) is 15.9 Å². The molecular formula is C18H20ClN3O4S3. The molecule has 1 aliphatic carbocycles. The maximum atomic E-state index is 12.9. The molecular weight excluding hydrogens is 454 g/mol. The highest BCUT2D eigenvalue weighted by atomic mass is 35.5. The Morgan fingerprint density at radius 2 is 2.00 bits per heavy atom. The molecule has 1 atom stereocenters. The second kappa shape index (κ2) is 7.99. The molecule has 3 heterocycles. The van der Waals surface area contributed by atoms with Crippen LogP contribution in [0.1, 0.15) is 40.1 Å². The average molecular weight is 474 g/mol. The summed E-state index contributed by atoms with van der Waals surface area (Å²) in [5.41, 5.74) is 6.90. The Morgan fingerprint density at radius 1 is 1.21 bits per heavy atom. The molecule has 0 bridgehead atoms. The number of primary amides is 1. The van der Waals surface area contributed by atoms with Crippen LogP contribution in [0.5, 0.6) is 0 Å². The number of anilines is 1. The number of nitrogens with one attached hydrogen (secondary N) is 1. The maximum absolute atomic E-state index is 12.9. The van der Waals surface area contributed by atoms with Crippen molar-refractivity contribution in [3.63, 3.8) is 0 Å². The van der Waals surface area contributed by atoms with Crippen LogP contribution in [0, 0.1) is 5.92 Å². The summed E-state index contributed by atoms with van der Waals surface area (Å²) in [6.45, 7) is 0.460. The molecule has 3 N–H and O–H groups in total. The number of piperidine rings is 1. The van der Waals surface area contributed by atoms with E-state index in [1.807, 2.05) is 0 Å². The quantitative estimate of drug-likeness (QED) is 0.695. The highest BCUT2D eigenvalue weighted by molar-refractivity contribution is 7.91. The smallest absolute Gasteiger partial charge is 0.252 e. The van der Waals surface area contributed by atoms with Crippen molar-refractivity contribution in [1.29, 1.82) is 0 Å². The third-order valence-corrected chi connectivity index (χ3v) is 10.1. The molecule has 29 heavy (non-hydrogen) atoms. The Labute approximate surface area is 181 Å². The fraction of sp³-hybridized carbons (Fsp3) is 0.444. The SMILES string of the molecule is NC(=O)c1c(NC(=O)C2CCCN(S(=O)(=O)c3ccc(Cl)s3)C2)sc2c1CCC2. The molecule has 0 radical (unpaired) electrons. The van der Waals surface area contributed by atoms with Gasteiger partial charge in [-0.1, -0.05) is 11.6 Å². The first kappa shape index (κ1) is 20.8. The molecule has 1 saturated heterocycles. The fourth-order valence-corrected chi connectivity index (χ4v) is 8.36. The Morgan fingerprint density at radius 3 is 2.69 bits per heavy atom. The standard InChI is InChI=1S/C18H20ClN3O4S3/c19-13-6-7-14(28-13)29(25,26)22-8-2-3-10(9-22)17(24)21-18-15(16(20)23)11-4-1-5-12(11)27-18/h6-7,10H,1-5,8-9H2,(H2,20,23)(H,21,24). The summed E-state index contributed by atoms with van der Waals surface area (Å²) < 4.78 is 27.6. The lowest BCUT2D eigenvalue weighted by molar-refractivity contribution is -0.120. The number of sulfonamides is 1. The molecule has 0 aromatic carbocycles. The number of hydrogen-bond donors (Lipinski definition) is 2. The molecule has 0 saturated carbocycles. The number of aryl methyl sites for hydroxylation is 1. The van der Waals surface area contributed by atoms with Crippen molar-refractivity contribution >= 4 is 61.1 Å². The van der Waals surface area contributed by atoms with Crippen molar-refractivity contribution in [2.45, 2.75) is 36.3 Å². The first-order chi connectivity index (χ1) is 13.8. The number of carbonyl (C=O) groups is 2. The minimum atomic E-state index is -3.68. The summed E-state index contributed by atoms with van der Waals surface area (Å²) in [5.74, 6) is -1.31. The van der Waals surface area contributed by atoms with Crippen molar-refractivity contribution in [2.24, 2.45) is 11.7 Å². The van der Waals surface area contributed by atoms with Gasteiger partial charge < -0.3 is 11.1 Å². The fourth-order valence-electron chi connectivity index (χ4n) is 3.91. The van der Waals surface area contributed by atoms with E-state index in [2.05, 4.69) is 5.32 Å². The van der Waals surface area contributed by atoms with Gasteiger partial charge >= 0.3 is 0 Å². The van der Waals surface area contributed by atoms with Crippen LogP contribution in [0.3, 0.4) is 0 Å². The molecule has 11 heteroatoms. The van der Waals surface area contributed by atoms with E-state index >= 15 is 0 Å². The predicted molar refractivity (Wildman–Crippen MR) is 114 cm³/mol. The summed E-state index contributed by atoms with van der Waals surface area (Å²) in [7, 11) is -3.68. The normalized spacial score (nSPS) is 19.8. The lowest BCUT2D eigenvalue weighted by Crippen LogP contribution is -2.43. The lowest BCUT2D eigenvalue weighted by atomic mass is 9.99. The van der Waals surface area contributed by atoms with Crippen LogP contribution >= 0.6 is 34.3 Å². The van der Waals surface area contributed by atoms with E-state index in [-0.39, 0.29) is 16.7 Å². The predicted octanol–water partition coefficient (Wildman–Crippen LogP) is 3.09. The highest BCUT2D eigenvalue weighted by Crippen LogP contribution is 2.39. The molecule has 2 amide bonds. The van der Waals surface area contributed by atoms with Crippen LogP contribution in [-0.4, -0.2) is 37.6 Å². The third-order valence-electron chi connectivity index (χ3n) is 5.30. The van der Waals surface area contributed by atoms with Crippen molar-refractivity contribution in [3.8, 4) is 0 Å². The first-order valence-electron chi connectivity index (χ1n) is 9.28. The number of fused-ring (bicyclic) bond motifs is 1. The number of carbonyl (C=O) groups excluding carboxylic acids is 2. The molecule has 1 aliphatic heterocycles. The largest absolute Gasteiger partial charge is 0.365 e. The van der Waals surface area contributed by atoms with Crippen LogP contribution in [-0.2, 0) is 27.7 Å². The van der Waals surface area contributed by atoms with Gasteiger partial charge in [0, 0.05) is 18.0 Å². The van der Waals surface area contributed by atoms with E-state index in [0.29, 0.717) is 34.3 Å². The number of nitrogens with two attached hydrogens (primary N) is 1. The van der Waals surface area contributed by atoms with Crippen molar-refractivity contribution in [1.82, 2.24) is 4.31 Å². The molecule has 2 aromatic heterocycles. The van der Waals surface area contributed by atoms with Gasteiger partial charge in [-0.15, -0.1) is 22.7 Å². The summed E-state index contributed by atoms with van der Waals surface area (Å²) in [6, 6.07) is 3.03. The molecule has 1 unspecified atom stereocenters. The van der Waals surface area contributed by atoms with E-state index in [9.17, 15) is 18.0 Å². The topological polar surface area (TPSA) is 110 Å². The molecule has 2 aliphatic rings. The Kier molecular flexibility index (Phi) is 5.73. The monoisotopic (exact) mass is 473 g/mol. The second-order valence-corrected chi connectivity index (χ2v) is 12.2. The van der Waals surface area contributed by atoms with Crippen LogP contribution < -0.4 is 11.1 Å². The number of amides is 2. The van der Waals surface area contributed by atoms with Gasteiger partial charge in [-0.3, -0.25) is 9.59 Å². The molecule has 2 aromatic rings. The number of halogens is 1. The van der Waals surface area contributed by atoms with Crippen molar-refractivity contribution in [3.05, 3.63) is 32.5 Å². The second-order valence-electron chi connectivity index (χ2n) is 7.18. The van der Waals surface area contributed by atoms with Crippen LogP contribution in [0.15, 0.2) is 16.3 Å². The molecule has 1 fully saturated rings. The summed E-state index contributed by atoms with van der Waals surface area (Å²) in [5, 5.41) is 3.33. The van der Waals surface area contributed by atoms with Crippen LogP contribution in [0.25, 0.3) is 0 Å². The van der Waals surface area contributed by atoms with E-state index in [1.165, 1.54) is 21.7 Å². The van der Waals surface area contributed by atoms with Gasteiger partial charge in [0.05, 0.1) is 15.8 Å². The minimum absolute atomic E-state index is 0.0979. The van der Waals surface area contributed by atoms with E-state index in [4.69, 9.17) is 17.3 Å². The zero-order valence-corrected chi connectivity index (χ0v) is 18.6. The zero-order valence-electron chi connectivity index (χ0n) is 15.4. The van der Waals surface area contributed by atoms with Crippen molar-refractivity contribution < 1.29 is 18.0 Å². The van der Waals surface area contributed by atoms with E-state index in [0.717, 1.165) is 41.0 Å². The van der Waals surface area contributed by atoms with Gasteiger partial charge in [0.2, 0.25) is 5.91 Å².